The Kier molecular flexibility index (Phi) is 11.0. The van der Waals surface area contributed by atoms with Crippen molar-refractivity contribution >= 4 is 37.2 Å². The highest BCUT2D eigenvalue weighted by atomic mass is 32.1. The molecule has 0 spiro atoms. The van der Waals surface area contributed by atoms with Crippen molar-refractivity contribution in [3.05, 3.63) is 31.5 Å². The molecule has 1 rings (SSSR count). The van der Waals surface area contributed by atoms with Crippen molar-refractivity contribution in [2.45, 2.75) is 56.8 Å². The maximum absolute atomic E-state index is 12.6. The number of hydrogen-bond acceptors (Lipinski definition) is 10. The van der Waals surface area contributed by atoms with E-state index in [1.807, 2.05) is 0 Å². The van der Waals surface area contributed by atoms with E-state index >= 15 is 0 Å². The van der Waals surface area contributed by atoms with Crippen molar-refractivity contribution in [3.8, 4) is 0 Å². The molecular weight excluding hydrogens is 438 g/mol. The fraction of sp³-hybridized carbons (Fsp3) is 0.706. The smallest absolute Gasteiger partial charge is 0.336 e. The van der Waals surface area contributed by atoms with Crippen LogP contribution in [0.1, 0.15) is 26.7 Å². The van der Waals surface area contributed by atoms with Crippen LogP contribution < -0.4 is 17.1 Å². The number of thiol groups is 2. The van der Waals surface area contributed by atoms with Gasteiger partial charge in [0.25, 0.3) is 0 Å². The summed E-state index contributed by atoms with van der Waals surface area (Å²) in [6.07, 6.45) is 0.116. The van der Waals surface area contributed by atoms with Gasteiger partial charge in [-0.2, -0.15) is 25.3 Å². The van der Waals surface area contributed by atoms with Crippen molar-refractivity contribution < 1.29 is 24.2 Å². The monoisotopic (exact) mass is 465 g/mol. The second-order valence-electron chi connectivity index (χ2n) is 6.57. The summed E-state index contributed by atoms with van der Waals surface area (Å²) in [6, 6.07) is 0. The highest BCUT2D eigenvalue weighted by Crippen LogP contribution is 2.01. The Hall–Kier alpha value is -1.99. The van der Waals surface area contributed by atoms with Crippen molar-refractivity contribution in [2.24, 2.45) is 0 Å². The van der Waals surface area contributed by atoms with Crippen LogP contribution in [0.25, 0.3) is 0 Å². The Balaban J connectivity index is 3.04. The van der Waals surface area contributed by atoms with E-state index in [0.29, 0.717) is 4.57 Å². The summed E-state index contributed by atoms with van der Waals surface area (Å²) < 4.78 is 12.1. The minimum atomic E-state index is -0.935. The summed E-state index contributed by atoms with van der Waals surface area (Å²) in [4.78, 5) is 60.8. The SMILES string of the molecule is CC(S)CC(=O)OCCn1c(=O)n(CCO)c(=O)n(CCOC(=O)CC(C)S)c1=O. The van der Waals surface area contributed by atoms with E-state index in [1.165, 1.54) is 0 Å². The number of esters is 2. The van der Waals surface area contributed by atoms with Crippen LogP contribution in [0.4, 0.5) is 0 Å². The van der Waals surface area contributed by atoms with Crippen molar-refractivity contribution in [1.29, 1.82) is 0 Å². The first-order chi connectivity index (χ1) is 14.1. The number of aromatic nitrogens is 3. The molecule has 1 heterocycles. The second-order valence-corrected chi connectivity index (χ2v) is 8.34. The summed E-state index contributed by atoms with van der Waals surface area (Å²) >= 11 is 8.15. The molecule has 170 valence electrons. The molecular formula is C17H27N3O8S2. The number of hydrogen-bond donors (Lipinski definition) is 3. The van der Waals surface area contributed by atoms with Gasteiger partial charge in [-0.15, -0.1) is 0 Å². The van der Waals surface area contributed by atoms with E-state index in [2.05, 4.69) is 25.3 Å². The zero-order valence-corrected chi connectivity index (χ0v) is 18.6. The van der Waals surface area contributed by atoms with Crippen LogP contribution in [0.15, 0.2) is 14.4 Å². The number of nitrogens with zero attached hydrogens (tertiary/aromatic N) is 3. The van der Waals surface area contributed by atoms with Gasteiger partial charge >= 0.3 is 29.0 Å². The third-order valence-corrected chi connectivity index (χ3v) is 4.15. The fourth-order valence-electron chi connectivity index (χ4n) is 2.46. The van der Waals surface area contributed by atoms with Gasteiger partial charge in [-0.1, -0.05) is 13.8 Å². The van der Waals surface area contributed by atoms with E-state index < -0.39 is 35.6 Å². The van der Waals surface area contributed by atoms with E-state index in [9.17, 15) is 24.0 Å². The number of ether oxygens (including phenoxy) is 2. The number of rotatable bonds is 12. The standard InChI is InChI=1S/C17H27N3O8S2/c1-11(29)9-13(22)27-7-4-19-15(24)18(3-6-21)16(25)20(17(19)26)5-8-28-14(23)10-12(2)30/h11-12,21,29-30H,3-10H2,1-2H3. The average Bonchev–Trinajstić information content (AvgIpc) is 2.63. The maximum atomic E-state index is 12.6. The largest absolute Gasteiger partial charge is 0.464 e. The zero-order valence-electron chi connectivity index (χ0n) is 16.9. The van der Waals surface area contributed by atoms with Gasteiger partial charge in [-0.3, -0.25) is 9.59 Å². The lowest BCUT2D eigenvalue weighted by molar-refractivity contribution is -0.144. The molecule has 0 aliphatic carbocycles. The molecule has 0 saturated heterocycles. The average molecular weight is 466 g/mol. The number of carbonyl (C=O) groups excluding carboxylic acids is 2. The molecule has 0 aromatic carbocycles. The normalized spacial score (nSPS) is 13.0. The Morgan fingerprint density at radius 2 is 1.13 bits per heavy atom. The van der Waals surface area contributed by atoms with Gasteiger partial charge in [0.15, 0.2) is 0 Å². The topological polar surface area (TPSA) is 139 Å². The van der Waals surface area contributed by atoms with Crippen molar-refractivity contribution in [2.75, 3.05) is 19.8 Å². The van der Waals surface area contributed by atoms with Crippen LogP contribution in [-0.2, 0) is 38.7 Å². The van der Waals surface area contributed by atoms with Crippen molar-refractivity contribution in [3.63, 3.8) is 0 Å². The third kappa shape index (κ3) is 8.03. The fourth-order valence-corrected chi connectivity index (χ4v) is 2.76. The molecule has 1 N–H and O–H groups in total. The summed E-state index contributed by atoms with van der Waals surface area (Å²) in [5.41, 5.74) is -2.80. The van der Waals surface area contributed by atoms with Gasteiger partial charge in [0.05, 0.1) is 39.1 Å². The predicted molar refractivity (Wildman–Crippen MR) is 114 cm³/mol. The lowest BCUT2D eigenvalue weighted by Crippen LogP contribution is -2.55. The highest BCUT2D eigenvalue weighted by Gasteiger charge is 2.16. The minimum absolute atomic E-state index is 0.0581. The van der Waals surface area contributed by atoms with Gasteiger partial charge in [-0.05, 0) is 0 Å². The van der Waals surface area contributed by atoms with Crippen molar-refractivity contribution in [1.82, 2.24) is 13.7 Å². The Labute approximate surface area is 183 Å². The molecule has 30 heavy (non-hydrogen) atoms. The molecule has 2 unspecified atom stereocenters. The Morgan fingerprint density at radius 1 is 0.800 bits per heavy atom. The maximum Gasteiger partial charge on any atom is 0.336 e. The molecule has 0 amide bonds. The summed E-state index contributed by atoms with van der Waals surface area (Å²) in [5.74, 6) is -1.08. The quantitative estimate of drug-likeness (QED) is 0.255. The number of aliphatic hydroxyl groups excluding tert-OH is 1. The van der Waals surface area contributed by atoms with E-state index in [1.54, 1.807) is 13.8 Å². The molecule has 13 heteroatoms. The van der Waals surface area contributed by atoms with Crippen LogP contribution in [-0.4, -0.2) is 61.1 Å². The summed E-state index contributed by atoms with van der Waals surface area (Å²) in [5, 5.41) is 8.71. The molecule has 1 aromatic heterocycles. The molecule has 0 bridgehead atoms. The summed E-state index contributed by atoms with van der Waals surface area (Å²) in [6.45, 7) is 1.49. The first kappa shape index (κ1) is 26.0. The van der Waals surface area contributed by atoms with Gasteiger partial charge in [0.2, 0.25) is 0 Å². The van der Waals surface area contributed by atoms with Crippen LogP contribution in [0.3, 0.4) is 0 Å². The summed E-state index contributed by atoms with van der Waals surface area (Å²) in [7, 11) is 0. The molecule has 2 atom stereocenters. The molecule has 1 aromatic rings. The zero-order chi connectivity index (χ0) is 22.8. The van der Waals surface area contributed by atoms with Crippen LogP contribution in [0.2, 0.25) is 0 Å². The number of aliphatic hydroxyl groups is 1. The van der Waals surface area contributed by atoms with Gasteiger partial charge in [0.1, 0.15) is 13.2 Å². The third-order valence-electron chi connectivity index (χ3n) is 3.79. The predicted octanol–water partition coefficient (Wildman–Crippen LogP) is -1.33. The van der Waals surface area contributed by atoms with E-state index in [0.717, 1.165) is 9.13 Å². The van der Waals surface area contributed by atoms with Crippen LogP contribution in [0.5, 0.6) is 0 Å². The Bertz CT molecular complexity index is 837. The lowest BCUT2D eigenvalue weighted by Gasteiger charge is -2.14. The molecule has 0 radical (unpaired) electrons. The second kappa shape index (κ2) is 12.6. The highest BCUT2D eigenvalue weighted by molar-refractivity contribution is 7.81. The molecule has 0 fully saturated rings. The van der Waals surface area contributed by atoms with Gasteiger partial charge in [-0.25, -0.2) is 28.1 Å². The minimum Gasteiger partial charge on any atom is -0.464 e. The molecule has 11 nitrogen and oxygen atoms in total. The van der Waals surface area contributed by atoms with Crippen LogP contribution >= 0.6 is 25.3 Å². The Morgan fingerprint density at radius 3 is 1.43 bits per heavy atom. The number of carbonyl (C=O) groups is 2. The molecule has 0 aliphatic heterocycles. The molecule has 0 saturated carbocycles. The van der Waals surface area contributed by atoms with Crippen LogP contribution in [0, 0.1) is 0 Å². The molecule has 0 aliphatic rings. The first-order valence-corrected chi connectivity index (χ1v) is 10.3. The first-order valence-electron chi connectivity index (χ1n) is 9.31. The van der Waals surface area contributed by atoms with Gasteiger partial charge < -0.3 is 14.6 Å². The van der Waals surface area contributed by atoms with Gasteiger partial charge in [0, 0.05) is 10.5 Å². The van der Waals surface area contributed by atoms with E-state index in [-0.39, 0.29) is 56.2 Å². The van der Waals surface area contributed by atoms with E-state index in [4.69, 9.17) is 14.6 Å². The lowest BCUT2D eigenvalue weighted by atomic mass is 10.3.